The van der Waals surface area contributed by atoms with Crippen LogP contribution in [0.4, 0.5) is 0 Å². The number of likely N-dealkylation sites (tertiary alicyclic amines) is 1. The first-order chi connectivity index (χ1) is 14.4. The van der Waals surface area contributed by atoms with Crippen LogP contribution in [0.2, 0.25) is 0 Å². The third-order valence-corrected chi connectivity index (χ3v) is 7.41. The Morgan fingerprint density at radius 3 is 2.60 bits per heavy atom. The van der Waals surface area contributed by atoms with Crippen LogP contribution in [0.3, 0.4) is 0 Å². The Balaban J connectivity index is 1.64. The predicted molar refractivity (Wildman–Crippen MR) is 119 cm³/mol. The summed E-state index contributed by atoms with van der Waals surface area (Å²) in [5.74, 6) is -0.112. The molecule has 156 valence electrons. The number of aromatic nitrogens is 2. The summed E-state index contributed by atoms with van der Waals surface area (Å²) in [5, 5.41) is 0.796. The average molecular weight is 424 g/mol. The van der Waals surface area contributed by atoms with E-state index in [-0.39, 0.29) is 22.2 Å². The van der Waals surface area contributed by atoms with E-state index < -0.39 is 11.9 Å². The number of fused-ring (bicyclic) bond motifs is 1. The number of thioether (sulfide) groups is 1. The van der Waals surface area contributed by atoms with Crippen LogP contribution >= 0.6 is 11.8 Å². The van der Waals surface area contributed by atoms with Crippen molar-refractivity contribution in [2.45, 2.75) is 37.0 Å². The molecule has 0 saturated carbocycles. The molecular weight excluding hydrogens is 396 g/mol. The lowest BCUT2D eigenvalue weighted by Crippen LogP contribution is -2.61. The van der Waals surface area contributed by atoms with Crippen LogP contribution in [-0.2, 0) is 16.6 Å². The van der Waals surface area contributed by atoms with Crippen molar-refractivity contribution in [3.8, 4) is 0 Å². The van der Waals surface area contributed by atoms with E-state index in [1.54, 1.807) is 0 Å². The summed E-state index contributed by atoms with van der Waals surface area (Å²) < 4.78 is 2.10. The van der Waals surface area contributed by atoms with Gasteiger partial charge in [-0.15, -0.1) is 0 Å². The number of amides is 2. The quantitative estimate of drug-likeness (QED) is 0.487. The van der Waals surface area contributed by atoms with Gasteiger partial charge in [-0.3, -0.25) is 4.79 Å². The van der Waals surface area contributed by atoms with E-state index >= 15 is 0 Å². The van der Waals surface area contributed by atoms with E-state index in [1.807, 2.05) is 73.1 Å². The van der Waals surface area contributed by atoms with Gasteiger partial charge in [-0.2, -0.15) is 0 Å². The molecule has 1 aliphatic rings. The van der Waals surface area contributed by atoms with Crippen LogP contribution in [0.5, 0.6) is 0 Å². The van der Waals surface area contributed by atoms with Crippen LogP contribution < -0.4 is 5.73 Å². The molecule has 2 heterocycles. The third-order valence-electron chi connectivity index (χ3n) is 6.40. The number of aryl methyl sites for hydroxylation is 1. The molecule has 0 bridgehead atoms. The maximum atomic E-state index is 13.7. The highest BCUT2D eigenvalue weighted by molar-refractivity contribution is 7.99. The summed E-state index contributed by atoms with van der Waals surface area (Å²) in [7, 11) is 1.96. The molecule has 0 radical (unpaired) electrons. The topological polar surface area (TPSA) is 78.0 Å². The van der Waals surface area contributed by atoms with Crippen molar-refractivity contribution in [1.82, 2.24) is 9.55 Å². The first-order valence-corrected chi connectivity index (χ1v) is 11.2. The molecular formula is C23H27N4O2S+. The minimum absolute atomic E-state index is 0.0321. The summed E-state index contributed by atoms with van der Waals surface area (Å²) in [4.78, 5) is 30.7. The van der Waals surface area contributed by atoms with Crippen molar-refractivity contribution in [1.29, 1.82) is 0 Å². The molecule has 1 saturated heterocycles. The van der Waals surface area contributed by atoms with E-state index in [0.717, 1.165) is 28.2 Å². The highest BCUT2D eigenvalue weighted by atomic mass is 32.2. The Morgan fingerprint density at radius 1 is 1.20 bits per heavy atom. The lowest BCUT2D eigenvalue weighted by molar-refractivity contribution is -0.885. The molecule has 0 spiro atoms. The molecule has 30 heavy (non-hydrogen) atoms. The molecule has 1 aromatic heterocycles. The Morgan fingerprint density at radius 2 is 1.90 bits per heavy atom. The van der Waals surface area contributed by atoms with Gasteiger partial charge in [-0.05, 0) is 19.1 Å². The standard InChI is InChI=1S/C23H26N4O2S/c1-16(17-9-4-3-5-10-17)27(14-8-13-20(27)22(24)29)21(28)15-30-23-25-18-11-6-7-12-19(18)26(23)2/h3-7,9-12,16,20H,8,13-15H2,1-2H3,(H-,24,29)/p+1/t16-,20-,27?/m0/s1. The zero-order valence-corrected chi connectivity index (χ0v) is 18.1. The Labute approximate surface area is 180 Å². The molecule has 3 aromatic rings. The van der Waals surface area contributed by atoms with Crippen molar-refractivity contribution >= 4 is 34.6 Å². The highest BCUT2D eigenvalue weighted by Crippen LogP contribution is 2.40. The van der Waals surface area contributed by atoms with Gasteiger partial charge < -0.3 is 10.3 Å². The fraction of sp³-hybridized carbons (Fsp3) is 0.348. The summed E-state index contributed by atoms with van der Waals surface area (Å²) in [6.07, 6.45) is 1.46. The summed E-state index contributed by atoms with van der Waals surface area (Å²) in [6.45, 7) is 2.67. The zero-order valence-electron chi connectivity index (χ0n) is 17.3. The van der Waals surface area contributed by atoms with Crippen molar-refractivity contribution in [3.63, 3.8) is 0 Å². The van der Waals surface area contributed by atoms with Gasteiger partial charge in [0.1, 0.15) is 11.8 Å². The number of primary amides is 1. The fourth-order valence-corrected chi connectivity index (χ4v) is 5.72. The SMILES string of the molecule is C[C@@H](c1ccccc1)[N+]1(C(=O)CSc2nc3ccccc3n2C)CCC[C@H]1C(N)=O. The van der Waals surface area contributed by atoms with E-state index in [4.69, 9.17) is 5.73 Å². The lowest BCUT2D eigenvalue weighted by atomic mass is 10.0. The van der Waals surface area contributed by atoms with Gasteiger partial charge in [0.25, 0.3) is 5.91 Å². The lowest BCUT2D eigenvalue weighted by Gasteiger charge is -2.41. The number of quaternary nitrogens is 1. The van der Waals surface area contributed by atoms with Crippen molar-refractivity contribution < 1.29 is 14.1 Å². The molecule has 1 unspecified atom stereocenters. The average Bonchev–Trinajstić information content (AvgIpc) is 3.35. The molecule has 7 heteroatoms. The first-order valence-electron chi connectivity index (χ1n) is 10.2. The smallest absolute Gasteiger partial charge is 0.325 e. The zero-order chi connectivity index (χ0) is 21.3. The molecule has 3 atom stereocenters. The van der Waals surface area contributed by atoms with Crippen LogP contribution in [-0.4, -0.2) is 44.2 Å². The largest absolute Gasteiger partial charge is 0.364 e. The number of hydrogen-bond donors (Lipinski definition) is 1. The second kappa shape index (κ2) is 8.24. The van der Waals surface area contributed by atoms with Crippen LogP contribution in [0, 0.1) is 0 Å². The first kappa shape index (κ1) is 20.6. The van der Waals surface area contributed by atoms with E-state index in [1.165, 1.54) is 11.8 Å². The van der Waals surface area contributed by atoms with Crippen molar-refractivity contribution in [2.24, 2.45) is 12.8 Å². The Hall–Kier alpha value is -2.64. The van der Waals surface area contributed by atoms with Crippen LogP contribution in [0.1, 0.15) is 31.4 Å². The number of carbonyl (C=O) groups is 2. The molecule has 2 N–H and O–H groups in total. The number of carbonyl (C=O) groups excluding carboxylic acids is 2. The number of benzene rings is 2. The number of para-hydroxylation sites is 2. The molecule has 4 rings (SSSR count). The minimum Gasteiger partial charge on any atom is -0.364 e. The van der Waals surface area contributed by atoms with Gasteiger partial charge in [0.15, 0.2) is 11.2 Å². The molecule has 2 aromatic carbocycles. The van der Waals surface area contributed by atoms with E-state index in [9.17, 15) is 9.59 Å². The van der Waals surface area contributed by atoms with Gasteiger partial charge in [0.2, 0.25) is 0 Å². The summed E-state index contributed by atoms with van der Waals surface area (Å²) in [5.41, 5.74) is 8.77. The highest BCUT2D eigenvalue weighted by Gasteiger charge is 2.54. The maximum absolute atomic E-state index is 13.7. The van der Waals surface area contributed by atoms with Gasteiger partial charge in [0.05, 0.1) is 17.6 Å². The summed E-state index contributed by atoms with van der Waals surface area (Å²) >= 11 is 1.43. The number of nitrogens with zero attached hydrogens (tertiary/aromatic N) is 3. The number of hydrogen-bond acceptors (Lipinski definition) is 4. The Kier molecular flexibility index (Phi) is 5.66. The predicted octanol–water partition coefficient (Wildman–Crippen LogP) is 3.42. The molecule has 6 nitrogen and oxygen atoms in total. The summed E-state index contributed by atoms with van der Waals surface area (Å²) in [6, 6.07) is 17.2. The van der Waals surface area contributed by atoms with Gasteiger partial charge in [-0.25, -0.2) is 14.3 Å². The molecule has 0 aliphatic carbocycles. The second-order valence-corrected chi connectivity index (χ2v) is 8.87. The third kappa shape index (κ3) is 3.42. The molecule has 1 fully saturated rings. The van der Waals surface area contributed by atoms with E-state index in [0.29, 0.717) is 13.0 Å². The van der Waals surface area contributed by atoms with Gasteiger partial charge in [0, 0.05) is 25.5 Å². The molecule has 2 amide bonds. The molecule has 1 aliphatic heterocycles. The monoisotopic (exact) mass is 423 g/mol. The van der Waals surface area contributed by atoms with Gasteiger partial charge >= 0.3 is 5.91 Å². The minimum atomic E-state index is -0.492. The fourth-order valence-electron chi connectivity index (χ4n) is 4.78. The number of imidazole rings is 1. The maximum Gasteiger partial charge on any atom is 0.325 e. The van der Waals surface area contributed by atoms with Crippen molar-refractivity contribution in [2.75, 3.05) is 12.3 Å². The second-order valence-electron chi connectivity index (χ2n) is 7.93. The van der Waals surface area contributed by atoms with Crippen LogP contribution in [0.25, 0.3) is 11.0 Å². The number of nitrogens with two attached hydrogens (primary N) is 1. The number of rotatable bonds is 6. The van der Waals surface area contributed by atoms with Gasteiger partial charge in [-0.1, -0.05) is 54.2 Å². The normalized spacial score (nSPS) is 22.3. The Bertz CT molecular complexity index is 1080. The van der Waals surface area contributed by atoms with Crippen molar-refractivity contribution in [3.05, 3.63) is 60.2 Å². The van der Waals surface area contributed by atoms with E-state index in [2.05, 4.69) is 4.98 Å². The van der Waals surface area contributed by atoms with Crippen LogP contribution in [0.15, 0.2) is 59.8 Å².